The predicted octanol–water partition coefficient (Wildman–Crippen LogP) is 1.90. The molecule has 0 aliphatic carbocycles. The second-order valence-electron chi connectivity index (χ2n) is 4.43. The standard InChI is InChI=1S/C11H21NO/c1-2-11-4-3-6-12(11)8-10-5-7-13-9-10/h10-11H,2-9H2,1H3. The summed E-state index contributed by atoms with van der Waals surface area (Å²) in [6.45, 7) is 6.93. The van der Waals surface area contributed by atoms with Gasteiger partial charge in [0.15, 0.2) is 0 Å². The molecular formula is C11H21NO. The minimum absolute atomic E-state index is 0.826. The van der Waals surface area contributed by atoms with E-state index in [-0.39, 0.29) is 0 Å². The fourth-order valence-corrected chi connectivity index (χ4v) is 2.66. The zero-order valence-corrected chi connectivity index (χ0v) is 8.67. The van der Waals surface area contributed by atoms with Crippen molar-refractivity contribution in [3.8, 4) is 0 Å². The van der Waals surface area contributed by atoms with Crippen molar-refractivity contribution in [2.24, 2.45) is 5.92 Å². The summed E-state index contributed by atoms with van der Waals surface area (Å²) >= 11 is 0. The van der Waals surface area contributed by atoms with Crippen LogP contribution >= 0.6 is 0 Å². The molecule has 2 saturated heterocycles. The molecule has 2 nitrogen and oxygen atoms in total. The molecule has 2 rings (SSSR count). The van der Waals surface area contributed by atoms with E-state index in [0.717, 1.165) is 25.2 Å². The third kappa shape index (κ3) is 2.23. The van der Waals surface area contributed by atoms with Crippen molar-refractivity contribution in [3.05, 3.63) is 0 Å². The van der Waals surface area contributed by atoms with E-state index in [1.54, 1.807) is 0 Å². The van der Waals surface area contributed by atoms with Crippen molar-refractivity contribution in [2.45, 2.75) is 38.6 Å². The summed E-state index contributed by atoms with van der Waals surface area (Å²) in [5, 5.41) is 0. The fraction of sp³-hybridized carbons (Fsp3) is 1.00. The van der Waals surface area contributed by atoms with Crippen LogP contribution in [0.25, 0.3) is 0 Å². The number of nitrogens with zero attached hydrogens (tertiary/aromatic N) is 1. The van der Waals surface area contributed by atoms with Gasteiger partial charge in [0, 0.05) is 19.2 Å². The van der Waals surface area contributed by atoms with Crippen molar-refractivity contribution in [1.82, 2.24) is 4.90 Å². The van der Waals surface area contributed by atoms with Crippen LogP contribution in [0, 0.1) is 5.92 Å². The Morgan fingerprint density at radius 3 is 3.00 bits per heavy atom. The highest BCUT2D eigenvalue weighted by Gasteiger charge is 2.26. The summed E-state index contributed by atoms with van der Waals surface area (Å²) in [7, 11) is 0. The molecule has 0 aromatic rings. The highest BCUT2D eigenvalue weighted by molar-refractivity contribution is 4.80. The molecule has 0 bridgehead atoms. The van der Waals surface area contributed by atoms with E-state index in [9.17, 15) is 0 Å². The lowest BCUT2D eigenvalue weighted by molar-refractivity contribution is 0.161. The molecule has 2 aliphatic heterocycles. The second-order valence-corrected chi connectivity index (χ2v) is 4.43. The Morgan fingerprint density at radius 1 is 1.38 bits per heavy atom. The number of ether oxygens (including phenoxy) is 1. The van der Waals surface area contributed by atoms with Gasteiger partial charge in [-0.3, -0.25) is 0 Å². The first kappa shape index (κ1) is 9.47. The largest absolute Gasteiger partial charge is 0.381 e. The van der Waals surface area contributed by atoms with Crippen LogP contribution in [0.15, 0.2) is 0 Å². The minimum Gasteiger partial charge on any atom is -0.381 e. The average molecular weight is 183 g/mol. The van der Waals surface area contributed by atoms with E-state index in [1.165, 1.54) is 38.8 Å². The van der Waals surface area contributed by atoms with Crippen LogP contribution in [0.5, 0.6) is 0 Å². The molecule has 76 valence electrons. The van der Waals surface area contributed by atoms with E-state index in [4.69, 9.17) is 4.74 Å². The summed E-state index contributed by atoms with van der Waals surface area (Å²) in [6, 6.07) is 0.876. The van der Waals surface area contributed by atoms with Gasteiger partial charge in [-0.1, -0.05) is 6.92 Å². The lowest BCUT2D eigenvalue weighted by Gasteiger charge is -2.25. The zero-order chi connectivity index (χ0) is 9.10. The Kier molecular flexibility index (Phi) is 3.23. The van der Waals surface area contributed by atoms with Crippen LogP contribution in [-0.4, -0.2) is 37.2 Å². The fourth-order valence-electron chi connectivity index (χ4n) is 2.66. The van der Waals surface area contributed by atoms with Crippen molar-refractivity contribution < 1.29 is 4.74 Å². The molecule has 2 heteroatoms. The van der Waals surface area contributed by atoms with Gasteiger partial charge in [-0.2, -0.15) is 0 Å². The van der Waals surface area contributed by atoms with Gasteiger partial charge in [-0.05, 0) is 38.1 Å². The van der Waals surface area contributed by atoms with Gasteiger partial charge in [0.25, 0.3) is 0 Å². The van der Waals surface area contributed by atoms with E-state index >= 15 is 0 Å². The monoisotopic (exact) mass is 183 g/mol. The molecule has 0 radical (unpaired) electrons. The third-order valence-corrected chi connectivity index (χ3v) is 3.49. The summed E-state index contributed by atoms with van der Waals surface area (Å²) in [5.41, 5.74) is 0. The van der Waals surface area contributed by atoms with Gasteiger partial charge in [0.1, 0.15) is 0 Å². The topological polar surface area (TPSA) is 12.5 Å². The molecule has 0 amide bonds. The quantitative estimate of drug-likeness (QED) is 0.662. The van der Waals surface area contributed by atoms with Gasteiger partial charge < -0.3 is 9.64 Å². The molecule has 0 N–H and O–H groups in total. The third-order valence-electron chi connectivity index (χ3n) is 3.49. The molecule has 0 saturated carbocycles. The van der Waals surface area contributed by atoms with Crippen LogP contribution < -0.4 is 0 Å². The van der Waals surface area contributed by atoms with Crippen molar-refractivity contribution >= 4 is 0 Å². The van der Waals surface area contributed by atoms with Crippen LogP contribution in [0.3, 0.4) is 0 Å². The predicted molar refractivity (Wildman–Crippen MR) is 53.8 cm³/mol. The van der Waals surface area contributed by atoms with Gasteiger partial charge in [0.2, 0.25) is 0 Å². The second kappa shape index (κ2) is 4.43. The summed E-state index contributed by atoms with van der Waals surface area (Å²) < 4.78 is 5.41. The number of rotatable bonds is 3. The van der Waals surface area contributed by atoms with Gasteiger partial charge in [-0.15, -0.1) is 0 Å². The molecule has 2 unspecified atom stereocenters. The first-order chi connectivity index (χ1) is 6.40. The molecule has 0 aromatic heterocycles. The smallest absolute Gasteiger partial charge is 0.0507 e. The molecule has 2 atom stereocenters. The summed E-state index contributed by atoms with van der Waals surface area (Å²) in [5.74, 6) is 0.826. The number of likely N-dealkylation sites (tertiary alicyclic amines) is 1. The lowest BCUT2D eigenvalue weighted by atomic mass is 10.1. The van der Waals surface area contributed by atoms with Gasteiger partial charge >= 0.3 is 0 Å². The first-order valence-corrected chi connectivity index (χ1v) is 5.72. The molecule has 2 aliphatic rings. The Bertz CT molecular complexity index is 154. The van der Waals surface area contributed by atoms with Crippen molar-refractivity contribution in [2.75, 3.05) is 26.3 Å². The Morgan fingerprint density at radius 2 is 2.31 bits per heavy atom. The maximum absolute atomic E-state index is 5.41. The highest BCUT2D eigenvalue weighted by Crippen LogP contribution is 2.23. The summed E-state index contributed by atoms with van der Waals surface area (Å²) in [6.07, 6.45) is 5.44. The maximum atomic E-state index is 5.41. The SMILES string of the molecule is CCC1CCCN1CC1CCOC1. The van der Waals surface area contributed by atoms with Crippen LogP contribution in [0.1, 0.15) is 32.6 Å². The molecule has 0 spiro atoms. The molecule has 0 aromatic carbocycles. The Balaban J connectivity index is 1.79. The Labute approximate surface area is 81.3 Å². The molecule has 2 heterocycles. The van der Waals surface area contributed by atoms with E-state index in [2.05, 4.69) is 11.8 Å². The maximum Gasteiger partial charge on any atom is 0.0507 e. The highest BCUT2D eigenvalue weighted by atomic mass is 16.5. The first-order valence-electron chi connectivity index (χ1n) is 5.72. The zero-order valence-electron chi connectivity index (χ0n) is 8.67. The van der Waals surface area contributed by atoms with Crippen LogP contribution in [-0.2, 0) is 4.74 Å². The number of hydrogen-bond donors (Lipinski definition) is 0. The van der Waals surface area contributed by atoms with Crippen molar-refractivity contribution in [1.29, 1.82) is 0 Å². The van der Waals surface area contributed by atoms with Gasteiger partial charge in [-0.25, -0.2) is 0 Å². The Hall–Kier alpha value is -0.0800. The van der Waals surface area contributed by atoms with Crippen LogP contribution in [0.4, 0.5) is 0 Å². The van der Waals surface area contributed by atoms with E-state index in [0.29, 0.717) is 0 Å². The molecular weight excluding hydrogens is 162 g/mol. The number of hydrogen-bond acceptors (Lipinski definition) is 2. The normalized spacial score (nSPS) is 35.8. The van der Waals surface area contributed by atoms with Crippen LogP contribution in [0.2, 0.25) is 0 Å². The van der Waals surface area contributed by atoms with Gasteiger partial charge in [0.05, 0.1) is 6.61 Å². The molecule has 2 fully saturated rings. The average Bonchev–Trinajstić information content (AvgIpc) is 2.76. The van der Waals surface area contributed by atoms with Crippen molar-refractivity contribution in [3.63, 3.8) is 0 Å². The van der Waals surface area contributed by atoms with E-state index in [1.807, 2.05) is 0 Å². The lowest BCUT2D eigenvalue weighted by Crippen LogP contribution is -2.33. The van der Waals surface area contributed by atoms with E-state index < -0.39 is 0 Å². The molecule has 13 heavy (non-hydrogen) atoms. The minimum atomic E-state index is 0.826. The summed E-state index contributed by atoms with van der Waals surface area (Å²) in [4.78, 5) is 2.68.